The summed E-state index contributed by atoms with van der Waals surface area (Å²) < 4.78 is 2.05. The average molecular weight is 262 g/mol. The lowest BCUT2D eigenvalue weighted by atomic mass is 10.3. The largest absolute Gasteiger partial charge is 0.397 e. The molecule has 2 heterocycles. The van der Waals surface area contributed by atoms with Crippen molar-refractivity contribution in [3.8, 4) is 0 Å². The van der Waals surface area contributed by atoms with Crippen LogP contribution in [0.15, 0.2) is 29.4 Å². The lowest BCUT2D eigenvalue weighted by Crippen LogP contribution is -2.02. The van der Waals surface area contributed by atoms with Crippen LogP contribution in [0, 0.1) is 0 Å². The Bertz CT molecular complexity index is 521. The van der Waals surface area contributed by atoms with Gasteiger partial charge in [0.2, 0.25) is 0 Å². The van der Waals surface area contributed by atoms with E-state index in [0.29, 0.717) is 0 Å². The Labute approximate surface area is 112 Å². The molecule has 0 aliphatic heterocycles. The maximum atomic E-state index is 5.88. The molecular weight excluding hydrogens is 244 g/mol. The Balaban J connectivity index is 2.10. The summed E-state index contributed by atoms with van der Waals surface area (Å²) in [5, 5.41) is 5.42. The van der Waals surface area contributed by atoms with Gasteiger partial charge in [0.1, 0.15) is 5.03 Å². The number of aryl methyl sites for hydroxylation is 2. The minimum absolute atomic E-state index is 0.737. The van der Waals surface area contributed by atoms with E-state index in [0.717, 1.165) is 35.1 Å². The topological polar surface area (TPSA) is 56.7 Å². The Morgan fingerprint density at radius 2 is 2.22 bits per heavy atom. The molecule has 0 saturated carbocycles. The van der Waals surface area contributed by atoms with E-state index in [4.69, 9.17) is 5.73 Å². The molecule has 4 nitrogen and oxygen atoms in total. The van der Waals surface area contributed by atoms with Crippen molar-refractivity contribution in [3.63, 3.8) is 0 Å². The number of thioether (sulfide) groups is 1. The molecule has 0 aromatic carbocycles. The molecule has 0 saturated heterocycles. The molecule has 2 rings (SSSR count). The van der Waals surface area contributed by atoms with Gasteiger partial charge < -0.3 is 5.73 Å². The molecule has 2 N–H and O–H groups in total. The van der Waals surface area contributed by atoms with Gasteiger partial charge in [0.15, 0.2) is 0 Å². The van der Waals surface area contributed by atoms with Gasteiger partial charge in [-0.1, -0.05) is 18.7 Å². The second-order valence-electron chi connectivity index (χ2n) is 3.98. The third-order valence-electron chi connectivity index (χ3n) is 2.73. The lowest BCUT2D eigenvalue weighted by molar-refractivity contribution is 0.628. The predicted octanol–water partition coefficient (Wildman–Crippen LogP) is 2.73. The van der Waals surface area contributed by atoms with E-state index in [-0.39, 0.29) is 0 Å². The molecule has 0 aliphatic carbocycles. The van der Waals surface area contributed by atoms with Crippen LogP contribution in [0.25, 0.3) is 0 Å². The molecule has 2 aromatic heterocycles. The third-order valence-corrected chi connectivity index (χ3v) is 3.79. The average Bonchev–Trinajstić information content (AvgIpc) is 2.80. The maximum absolute atomic E-state index is 5.88. The fraction of sp³-hybridized carbons (Fsp3) is 0.385. The van der Waals surface area contributed by atoms with E-state index in [1.165, 1.54) is 5.69 Å². The summed E-state index contributed by atoms with van der Waals surface area (Å²) in [4.78, 5) is 4.28. The molecule has 0 spiro atoms. The quantitative estimate of drug-likeness (QED) is 0.842. The van der Waals surface area contributed by atoms with Crippen LogP contribution in [0.4, 0.5) is 5.69 Å². The van der Waals surface area contributed by atoms with Crippen LogP contribution in [-0.4, -0.2) is 14.8 Å². The van der Waals surface area contributed by atoms with E-state index in [9.17, 15) is 0 Å². The van der Waals surface area contributed by atoms with Crippen LogP contribution >= 0.6 is 11.8 Å². The molecular formula is C13H18N4S. The minimum Gasteiger partial charge on any atom is -0.397 e. The Morgan fingerprint density at radius 1 is 1.39 bits per heavy atom. The highest BCUT2D eigenvalue weighted by molar-refractivity contribution is 7.98. The summed E-state index contributed by atoms with van der Waals surface area (Å²) in [6.07, 6.45) is 2.74. The number of rotatable bonds is 5. The number of anilines is 1. The molecule has 0 amide bonds. The number of pyridine rings is 1. The highest BCUT2D eigenvalue weighted by Crippen LogP contribution is 2.25. The molecule has 96 valence electrons. The van der Waals surface area contributed by atoms with Gasteiger partial charge in [0.25, 0.3) is 0 Å². The fourth-order valence-electron chi connectivity index (χ4n) is 1.74. The van der Waals surface area contributed by atoms with Gasteiger partial charge in [0.05, 0.1) is 11.4 Å². The monoisotopic (exact) mass is 262 g/mol. The highest BCUT2D eigenvalue weighted by atomic mass is 32.2. The van der Waals surface area contributed by atoms with Crippen molar-refractivity contribution in [1.29, 1.82) is 0 Å². The second kappa shape index (κ2) is 5.91. The Kier molecular flexibility index (Phi) is 4.25. The van der Waals surface area contributed by atoms with E-state index < -0.39 is 0 Å². The predicted molar refractivity (Wildman–Crippen MR) is 75.5 cm³/mol. The Hall–Kier alpha value is -1.49. The first kappa shape index (κ1) is 13.0. The molecule has 0 bridgehead atoms. The minimum atomic E-state index is 0.737. The van der Waals surface area contributed by atoms with E-state index in [2.05, 4.69) is 30.0 Å². The van der Waals surface area contributed by atoms with Crippen LogP contribution in [0.1, 0.15) is 25.2 Å². The second-order valence-corrected chi connectivity index (χ2v) is 4.95. The van der Waals surface area contributed by atoms with Gasteiger partial charge in [-0.05, 0) is 31.5 Å². The summed E-state index contributed by atoms with van der Waals surface area (Å²) in [5.74, 6) is 0.849. The van der Waals surface area contributed by atoms with Crippen molar-refractivity contribution in [2.24, 2.45) is 0 Å². The summed E-state index contributed by atoms with van der Waals surface area (Å²) >= 11 is 1.66. The number of nitrogen functional groups attached to an aromatic ring is 1. The van der Waals surface area contributed by atoms with Gasteiger partial charge in [-0.2, -0.15) is 5.10 Å². The zero-order valence-electron chi connectivity index (χ0n) is 10.8. The molecule has 18 heavy (non-hydrogen) atoms. The fourth-order valence-corrected chi connectivity index (χ4v) is 2.63. The summed E-state index contributed by atoms with van der Waals surface area (Å²) in [7, 11) is 0. The Morgan fingerprint density at radius 3 is 2.89 bits per heavy atom. The smallest absolute Gasteiger partial charge is 0.119 e. The number of hydrogen-bond donors (Lipinski definition) is 1. The van der Waals surface area contributed by atoms with Gasteiger partial charge in [-0.25, -0.2) is 4.98 Å². The molecule has 0 fully saturated rings. The first-order valence-corrected chi connectivity index (χ1v) is 7.12. The standard InChI is InChI=1S/C13H18N4S/c1-3-10-8-11(17(4-2)16-10)9-18-13-12(14)6-5-7-15-13/h5-8H,3-4,9,14H2,1-2H3. The van der Waals surface area contributed by atoms with Crippen LogP contribution in [0.2, 0.25) is 0 Å². The van der Waals surface area contributed by atoms with Crippen molar-refractivity contribution in [2.45, 2.75) is 37.6 Å². The molecule has 2 aromatic rings. The van der Waals surface area contributed by atoms with Gasteiger partial charge in [-0.3, -0.25) is 4.68 Å². The van der Waals surface area contributed by atoms with Gasteiger partial charge in [-0.15, -0.1) is 0 Å². The number of aromatic nitrogens is 3. The number of nitrogens with two attached hydrogens (primary N) is 1. The van der Waals surface area contributed by atoms with Crippen molar-refractivity contribution in [3.05, 3.63) is 35.8 Å². The van der Waals surface area contributed by atoms with Crippen molar-refractivity contribution in [2.75, 3.05) is 5.73 Å². The molecule has 0 unspecified atom stereocenters. The molecule has 0 atom stereocenters. The van der Waals surface area contributed by atoms with E-state index in [1.807, 2.05) is 16.8 Å². The lowest BCUT2D eigenvalue weighted by Gasteiger charge is -2.05. The van der Waals surface area contributed by atoms with Crippen LogP contribution in [0.5, 0.6) is 0 Å². The zero-order chi connectivity index (χ0) is 13.0. The summed E-state index contributed by atoms with van der Waals surface area (Å²) in [6.45, 7) is 5.12. The van der Waals surface area contributed by atoms with Crippen molar-refractivity contribution in [1.82, 2.24) is 14.8 Å². The van der Waals surface area contributed by atoms with Crippen LogP contribution in [0.3, 0.4) is 0 Å². The number of hydrogen-bond acceptors (Lipinski definition) is 4. The first-order valence-electron chi connectivity index (χ1n) is 6.13. The van der Waals surface area contributed by atoms with E-state index >= 15 is 0 Å². The SMILES string of the molecule is CCc1cc(CSc2ncccc2N)n(CC)n1. The third kappa shape index (κ3) is 2.85. The molecule has 0 radical (unpaired) electrons. The maximum Gasteiger partial charge on any atom is 0.119 e. The zero-order valence-corrected chi connectivity index (χ0v) is 11.6. The highest BCUT2D eigenvalue weighted by Gasteiger charge is 2.07. The van der Waals surface area contributed by atoms with Gasteiger partial charge >= 0.3 is 0 Å². The van der Waals surface area contributed by atoms with Crippen molar-refractivity contribution >= 4 is 17.4 Å². The normalized spacial score (nSPS) is 10.8. The van der Waals surface area contributed by atoms with Gasteiger partial charge in [0, 0.05) is 24.2 Å². The van der Waals surface area contributed by atoms with E-state index in [1.54, 1.807) is 18.0 Å². The molecule has 5 heteroatoms. The molecule has 0 aliphatic rings. The first-order chi connectivity index (χ1) is 8.74. The summed E-state index contributed by atoms with van der Waals surface area (Å²) in [5.41, 5.74) is 8.98. The van der Waals surface area contributed by atoms with Crippen LogP contribution < -0.4 is 5.73 Å². The number of nitrogens with zero attached hydrogens (tertiary/aromatic N) is 3. The van der Waals surface area contributed by atoms with Crippen molar-refractivity contribution < 1.29 is 0 Å². The summed E-state index contributed by atoms with van der Waals surface area (Å²) in [6, 6.07) is 5.89. The van der Waals surface area contributed by atoms with Crippen LogP contribution in [-0.2, 0) is 18.7 Å².